The molecule has 0 saturated heterocycles. The van der Waals surface area contributed by atoms with Crippen LogP contribution in [-0.4, -0.2) is 17.3 Å². The van der Waals surface area contributed by atoms with Gasteiger partial charge in [0.1, 0.15) is 17.2 Å². The minimum atomic E-state index is 0.0616. The van der Waals surface area contributed by atoms with Crippen LogP contribution in [0, 0.1) is 6.92 Å². The zero-order valence-electron chi connectivity index (χ0n) is 8.09. The number of phenols is 2. The van der Waals surface area contributed by atoms with Gasteiger partial charge in [0.15, 0.2) is 0 Å². The quantitative estimate of drug-likeness (QED) is 0.735. The van der Waals surface area contributed by atoms with Crippen molar-refractivity contribution in [3.05, 3.63) is 17.2 Å². The van der Waals surface area contributed by atoms with E-state index < -0.39 is 0 Å². The van der Waals surface area contributed by atoms with Crippen molar-refractivity contribution in [3.8, 4) is 17.2 Å². The molecule has 1 rings (SSSR count). The number of methoxy groups -OCH3 is 1. The molecule has 0 bridgehead atoms. The second-order valence-electron chi connectivity index (χ2n) is 2.90. The Hall–Kier alpha value is -1.38. The molecule has 1 aromatic rings. The second kappa shape index (κ2) is 3.56. The minimum absolute atomic E-state index is 0.0616. The Balaban J connectivity index is 3.39. The molecule has 0 amide bonds. The van der Waals surface area contributed by atoms with Crippen molar-refractivity contribution >= 4 is 0 Å². The van der Waals surface area contributed by atoms with E-state index in [-0.39, 0.29) is 11.5 Å². The number of ether oxygens (including phenoxy) is 1. The monoisotopic (exact) mass is 182 g/mol. The number of benzene rings is 1. The summed E-state index contributed by atoms with van der Waals surface area (Å²) in [7, 11) is 1.52. The van der Waals surface area contributed by atoms with E-state index in [1.54, 1.807) is 6.92 Å². The third-order valence-electron chi connectivity index (χ3n) is 2.16. The Kier molecular flexibility index (Phi) is 2.66. The van der Waals surface area contributed by atoms with Gasteiger partial charge in [-0.2, -0.15) is 0 Å². The molecule has 0 atom stereocenters. The van der Waals surface area contributed by atoms with Crippen LogP contribution < -0.4 is 4.74 Å². The summed E-state index contributed by atoms with van der Waals surface area (Å²) >= 11 is 0. The Bertz CT molecular complexity index is 318. The standard InChI is InChI=1S/C10H14O3/c1-4-7-9(13-3)5-8(11)6(2)10(7)12/h5,11-12H,4H2,1-3H3. The van der Waals surface area contributed by atoms with Gasteiger partial charge in [-0.05, 0) is 13.3 Å². The highest BCUT2D eigenvalue weighted by atomic mass is 16.5. The van der Waals surface area contributed by atoms with Gasteiger partial charge in [0.25, 0.3) is 0 Å². The molecule has 2 N–H and O–H groups in total. The third-order valence-corrected chi connectivity index (χ3v) is 2.16. The van der Waals surface area contributed by atoms with Gasteiger partial charge in [0, 0.05) is 17.2 Å². The Labute approximate surface area is 77.6 Å². The maximum atomic E-state index is 9.65. The van der Waals surface area contributed by atoms with Crippen LogP contribution in [0.15, 0.2) is 6.07 Å². The SMILES string of the molecule is CCc1c(OC)cc(O)c(C)c1O. The van der Waals surface area contributed by atoms with Crippen molar-refractivity contribution in [3.63, 3.8) is 0 Å². The molecule has 0 aliphatic rings. The van der Waals surface area contributed by atoms with Gasteiger partial charge in [0.05, 0.1) is 7.11 Å². The molecule has 0 fully saturated rings. The fourth-order valence-electron chi connectivity index (χ4n) is 1.31. The molecule has 0 radical (unpaired) electrons. The van der Waals surface area contributed by atoms with Gasteiger partial charge in [-0.25, -0.2) is 0 Å². The first-order valence-electron chi connectivity index (χ1n) is 4.20. The smallest absolute Gasteiger partial charge is 0.129 e. The number of hydrogen-bond donors (Lipinski definition) is 2. The van der Waals surface area contributed by atoms with Crippen LogP contribution in [0.25, 0.3) is 0 Å². The Morgan fingerprint density at radius 3 is 2.46 bits per heavy atom. The van der Waals surface area contributed by atoms with Crippen molar-refractivity contribution in [2.45, 2.75) is 20.3 Å². The van der Waals surface area contributed by atoms with Crippen molar-refractivity contribution in [1.82, 2.24) is 0 Å². The molecule has 0 aliphatic carbocycles. The molecule has 0 heterocycles. The summed E-state index contributed by atoms with van der Waals surface area (Å²) in [5.74, 6) is 0.717. The van der Waals surface area contributed by atoms with E-state index >= 15 is 0 Å². The molecule has 13 heavy (non-hydrogen) atoms. The normalized spacial score (nSPS) is 10.1. The lowest BCUT2D eigenvalue weighted by molar-refractivity contribution is 0.388. The molecule has 0 unspecified atom stereocenters. The lowest BCUT2D eigenvalue weighted by atomic mass is 10.1. The largest absolute Gasteiger partial charge is 0.507 e. The van der Waals surface area contributed by atoms with Crippen LogP contribution in [-0.2, 0) is 6.42 Å². The summed E-state index contributed by atoms with van der Waals surface area (Å²) in [5, 5.41) is 19.0. The molecule has 72 valence electrons. The zero-order valence-corrected chi connectivity index (χ0v) is 8.09. The van der Waals surface area contributed by atoms with Crippen LogP contribution in [0.2, 0.25) is 0 Å². The first-order valence-corrected chi connectivity index (χ1v) is 4.20. The third kappa shape index (κ3) is 1.54. The van der Waals surface area contributed by atoms with Gasteiger partial charge < -0.3 is 14.9 Å². The fraction of sp³-hybridized carbons (Fsp3) is 0.400. The highest BCUT2D eigenvalue weighted by Gasteiger charge is 2.13. The fourth-order valence-corrected chi connectivity index (χ4v) is 1.31. The predicted octanol–water partition coefficient (Wildman–Crippen LogP) is 1.98. The van der Waals surface area contributed by atoms with E-state index in [1.165, 1.54) is 13.2 Å². The van der Waals surface area contributed by atoms with Gasteiger partial charge in [0.2, 0.25) is 0 Å². The number of phenolic OH excluding ortho intramolecular Hbond substituents is 2. The zero-order chi connectivity index (χ0) is 10.0. The maximum absolute atomic E-state index is 9.65. The molecule has 1 aromatic carbocycles. The molecule has 0 aromatic heterocycles. The van der Waals surface area contributed by atoms with E-state index in [0.29, 0.717) is 17.7 Å². The molecule has 0 saturated carbocycles. The number of hydrogen-bond acceptors (Lipinski definition) is 3. The van der Waals surface area contributed by atoms with Gasteiger partial charge in [-0.1, -0.05) is 6.92 Å². The van der Waals surface area contributed by atoms with Crippen LogP contribution >= 0.6 is 0 Å². The highest BCUT2D eigenvalue weighted by Crippen LogP contribution is 2.37. The first-order chi connectivity index (χ1) is 6.11. The summed E-state index contributed by atoms with van der Waals surface area (Å²) in [6.45, 7) is 3.59. The number of rotatable bonds is 2. The summed E-state index contributed by atoms with van der Waals surface area (Å²) in [6, 6.07) is 1.52. The van der Waals surface area contributed by atoms with E-state index in [0.717, 1.165) is 5.56 Å². The van der Waals surface area contributed by atoms with E-state index in [2.05, 4.69) is 0 Å². The van der Waals surface area contributed by atoms with Crippen LogP contribution in [0.1, 0.15) is 18.1 Å². The van der Waals surface area contributed by atoms with Crippen molar-refractivity contribution in [2.24, 2.45) is 0 Å². The van der Waals surface area contributed by atoms with Gasteiger partial charge >= 0.3 is 0 Å². The molecular weight excluding hydrogens is 168 g/mol. The van der Waals surface area contributed by atoms with Crippen LogP contribution in [0.5, 0.6) is 17.2 Å². The molecular formula is C10H14O3. The molecule has 0 spiro atoms. The Morgan fingerprint density at radius 2 is 2.00 bits per heavy atom. The molecule has 0 aliphatic heterocycles. The average Bonchev–Trinajstić information content (AvgIpc) is 2.13. The van der Waals surface area contributed by atoms with E-state index in [4.69, 9.17) is 4.74 Å². The van der Waals surface area contributed by atoms with E-state index in [1.807, 2.05) is 6.92 Å². The van der Waals surface area contributed by atoms with E-state index in [9.17, 15) is 10.2 Å². The highest BCUT2D eigenvalue weighted by molar-refractivity contribution is 5.55. The predicted molar refractivity (Wildman–Crippen MR) is 50.4 cm³/mol. The van der Waals surface area contributed by atoms with Crippen molar-refractivity contribution in [2.75, 3.05) is 7.11 Å². The van der Waals surface area contributed by atoms with Crippen molar-refractivity contribution in [1.29, 1.82) is 0 Å². The molecule has 3 nitrogen and oxygen atoms in total. The Morgan fingerprint density at radius 1 is 1.38 bits per heavy atom. The van der Waals surface area contributed by atoms with Gasteiger partial charge in [-0.15, -0.1) is 0 Å². The second-order valence-corrected chi connectivity index (χ2v) is 2.90. The van der Waals surface area contributed by atoms with Crippen molar-refractivity contribution < 1.29 is 14.9 Å². The van der Waals surface area contributed by atoms with Gasteiger partial charge in [-0.3, -0.25) is 0 Å². The first kappa shape index (κ1) is 9.71. The lowest BCUT2D eigenvalue weighted by Crippen LogP contribution is -1.93. The lowest BCUT2D eigenvalue weighted by Gasteiger charge is -2.12. The number of aromatic hydroxyl groups is 2. The summed E-state index contributed by atoms with van der Waals surface area (Å²) in [6.07, 6.45) is 0.677. The summed E-state index contributed by atoms with van der Waals surface area (Å²) < 4.78 is 5.03. The van der Waals surface area contributed by atoms with Crippen LogP contribution in [0.4, 0.5) is 0 Å². The summed E-state index contributed by atoms with van der Waals surface area (Å²) in [5.41, 5.74) is 1.23. The average molecular weight is 182 g/mol. The maximum Gasteiger partial charge on any atom is 0.129 e. The minimum Gasteiger partial charge on any atom is -0.507 e. The topological polar surface area (TPSA) is 49.7 Å². The molecule has 3 heteroatoms. The van der Waals surface area contributed by atoms with Crippen LogP contribution in [0.3, 0.4) is 0 Å². The summed E-state index contributed by atoms with van der Waals surface area (Å²) in [4.78, 5) is 0.